The van der Waals surface area contributed by atoms with E-state index in [2.05, 4.69) is 12.2 Å². The third kappa shape index (κ3) is 3.46. The molecule has 2 aliphatic carbocycles. The molecule has 3 atom stereocenters. The second-order valence-electron chi connectivity index (χ2n) is 8.63. The molecule has 1 saturated heterocycles. The SMILES string of the molecule is CC1CCC(N2C[C@H](C(=O)N[C@H]3CCC[C@]3(C)CO)CC2=O)CC1. The number of likely N-dealkylation sites (tertiary alicyclic amines) is 1. The van der Waals surface area contributed by atoms with Crippen LogP contribution < -0.4 is 5.32 Å². The van der Waals surface area contributed by atoms with Gasteiger partial charge in [0.25, 0.3) is 0 Å². The van der Waals surface area contributed by atoms with Crippen molar-refractivity contribution in [1.29, 1.82) is 0 Å². The smallest absolute Gasteiger partial charge is 0.225 e. The number of carbonyl (C=O) groups is 2. The number of hydrogen-bond donors (Lipinski definition) is 2. The van der Waals surface area contributed by atoms with E-state index < -0.39 is 0 Å². The summed E-state index contributed by atoms with van der Waals surface area (Å²) >= 11 is 0. The fraction of sp³-hybridized carbons (Fsp3) is 0.895. The Labute approximate surface area is 145 Å². The number of carbonyl (C=O) groups excluding carboxylic acids is 2. The van der Waals surface area contributed by atoms with Crippen molar-refractivity contribution in [1.82, 2.24) is 10.2 Å². The van der Waals surface area contributed by atoms with Gasteiger partial charge in [-0.25, -0.2) is 0 Å². The van der Waals surface area contributed by atoms with E-state index in [1.54, 1.807) is 0 Å². The van der Waals surface area contributed by atoms with Gasteiger partial charge < -0.3 is 15.3 Å². The van der Waals surface area contributed by atoms with Crippen LogP contribution in [0.25, 0.3) is 0 Å². The number of nitrogens with zero attached hydrogens (tertiary/aromatic N) is 1. The molecule has 3 rings (SSSR count). The molecule has 0 bridgehead atoms. The van der Waals surface area contributed by atoms with Crippen molar-refractivity contribution in [3.05, 3.63) is 0 Å². The number of aliphatic hydroxyl groups is 1. The van der Waals surface area contributed by atoms with E-state index in [1.165, 1.54) is 12.8 Å². The van der Waals surface area contributed by atoms with E-state index in [-0.39, 0.29) is 35.8 Å². The lowest BCUT2D eigenvalue weighted by Crippen LogP contribution is -2.47. The Morgan fingerprint density at radius 3 is 2.67 bits per heavy atom. The summed E-state index contributed by atoms with van der Waals surface area (Å²) in [5.41, 5.74) is -0.211. The minimum atomic E-state index is -0.222. The Kier molecular flexibility index (Phi) is 5.19. The van der Waals surface area contributed by atoms with E-state index in [1.807, 2.05) is 11.8 Å². The van der Waals surface area contributed by atoms with E-state index in [4.69, 9.17) is 0 Å². The van der Waals surface area contributed by atoms with Crippen LogP contribution in [0.3, 0.4) is 0 Å². The molecule has 1 aliphatic heterocycles. The lowest BCUT2D eigenvalue weighted by molar-refractivity contribution is -0.131. The van der Waals surface area contributed by atoms with Crippen molar-refractivity contribution in [3.8, 4) is 0 Å². The van der Waals surface area contributed by atoms with Gasteiger partial charge in [0.1, 0.15) is 0 Å². The van der Waals surface area contributed by atoms with Crippen molar-refractivity contribution < 1.29 is 14.7 Å². The van der Waals surface area contributed by atoms with Crippen LogP contribution in [0.2, 0.25) is 0 Å². The van der Waals surface area contributed by atoms with Crippen LogP contribution in [0, 0.1) is 17.3 Å². The van der Waals surface area contributed by atoms with Gasteiger partial charge in [0.15, 0.2) is 0 Å². The summed E-state index contributed by atoms with van der Waals surface area (Å²) in [5.74, 6) is 0.685. The van der Waals surface area contributed by atoms with Crippen molar-refractivity contribution in [2.24, 2.45) is 17.3 Å². The van der Waals surface area contributed by atoms with Crippen molar-refractivity contribution in [3.63, 3.8) is 0 Å². The number of hydrogen-bond acceptors (Lipinski definition) is 3. The molecule has 0 aromatic rings. The van der Waals surface area contributed by atoms with Gasteiger partial charge in [-0.1, -0.05) is 20.3 Å². The monoisotopic (exact) mass is 336 g/mol. The minimum Gasteiger partial charge on any atom is -0.396 e. The number of amides is 2. The van der Waals surface area contributed by atoms with Gasteiger partial charge in [-0.05, 0) is 44.4 Å². The summed E-state index contributed by atoms with van der Waals surface area (Å²) in [6.45, 7) is 5.00. The Balaban J connectivity index is 1.56. The number of aliphatic hydroxyl groups excluding tert-OH is 1. The zero-order valence-electron chi connectivity index (χ0n) is 15.1. The van der Waals surface area contributed by atoms with Crippen LogP contribution in [-0.2, 0) is 9.59 Å². The van der Waals surface area contributed by atoms with Gasteiger partial charge in [0.2, 0.25) is 11.8 Å². The largest absolute Gasteiger partial charge is 0.396 e. The third-order valence-electron chi connectivity index (χ3n) is 6.72. The molecule has 0 aromatic carbocycles. The molecule has 1 heterocycles. The first-order chi connectivity index (χ1) is 11.4. The van der Waals surface area contributed by atoms with Crippen LogP contribution in [0.1, 0.15) is 65.2 Å². The maximum Gasteiger partial charge on any atom is 0.225 e. The van der Waals surface area contributed by atoms with E-state index in [0.29, 0.717) is 19.0 Å². The normalized spacial score (nSPS) is 40.1. The van der Waals surface area contributed by atoms with Gasteiger partial charge >= 0.3 is 0 Å². The van der Waals surface area contributed by atoms with Gasteiger partial charge in [0.05, 0.1) is 12.5 Å². The second kappa shape index (κ2) is 7.03. The average Bonchev–Trinajstić information content (AvgIpc) is 3.12. The molecule has 0 unspecified atom stereocenters. The van der Waals surface area contributed by atoms with E-state index >= 15 is 0 Å². The zero-order valence-corrected chi connectivity index (χ0v) is 15.1. The van der Waals surface area contributed by atoms with Crippen LogP contribution in [0.15, 0.2) is 0 Å². The summed E-state index contributed by atoms with van der Waals surface area (Å²) in [7, 11) is 0. The van der Waals surface area contributed by atoms with Crippen molar-refractivity contribution >= 4 is 11.8 Å². The van der Waals surface area contributed by atoms with Gasteiger partial charge in [0, 0.05) is 30.5 Å². The highest BCUT2D eigenvalue weighted by molar-refractivity contribution is 5.89. The lowest BCUT2D eigenvalue weighted by Gasteiger charge is -2.34. The summed E-state index contributed by atoms with van der Waals surface area (Å²) in [5, 5.41) is 12.8. The molecule has 24 heavy (non-hydrogen) atoms. The summed E-state index contributed by atoms with van der Waals surface area (Å²) in [6.07, 6.45) is 7.78. The predicted octanol–water partition coefficient (Wildman–Crippen LogP) is 2.08. The molecule has 3 fully saturated rings. The van der Waals surface area contributed by atoms with Crippen molar-refractivity contribution in [2.45, 2.75) is 77.3 Å². The van der Waals surface area contributed by atoms with E-state index in [9.17, 15) is 14.7 Å². The molecule has 5 nitrogen and oxygen atoms in total. The minimum absolute atomic E-state index is 0.00148. The molecular formula is C19H32N2O3. The van der Waals surface area contributed by atoms with Crippen LogP contribution in [0.4, 0.5) is 0 Å². The molecule has 5 heteroatoms. The van der Waals surface area contributed by atoms with Crippen LogP contribution in [0.5, 0.6) is 0 Å². The fourth-order valence-corrected chi connectivity index (χ4v) is 4.77. The Bertz CT molecular complexity index is 487. The molecule has 2 amide bonds. The summed E-state index contributed by atoms with van der Waals surface area (Å²) < 4.78 is 0. The van der Waals surface area contributed by atoms with Crippen LogP contribution in [-0.4, -0.2) is 47.1 Å². The lowest BCUT2D eigenvalue weighted by atomic mass is 9.85. The first kappa shape index (κ1) is 17.7. The molecule has 0 aromatic heterocycles. The zero-order chi connectivity index (χ0) is 17.3. The molecule has 2 saturated carbocycles. The predicted molar refractivity (Wildman–Crippen MR) is 92.2 cm³/mol. The van der Waals surface area contributed by atoms with Crippen LogP contribution >= 0.6 is 0 Å². The number of rotatable bonds is 4. The molecule has 2 N–H and O–H groups in total. The Morgan fingerprint density at radius 2 is 2.00 bits per heavy atom. The standard InChI is InChI=1S/C19H32N2O3/c1-13-5-7-15(8-6-13)21-11-14(10-17(21)23)18(24)20-16-4-3-9-19(16,2)12-22/h13-16,22H,3-12H2,1-2H3,(H,20,24)/t13?,14-,15?,16+,19-/m1/s1. The molecule has 0 spiro atoms. The fourth-order valence-electron chi connectivity index (χ4n) is 4.77. The summed E-state index contributed by atoms with van der Waals surface area (Å²) in [6, 6.07) is 0.371. The molecule has 3 aliphatic rings. The van der Waals surface area contributed by atoms with Gasteiger partial charge in [-0.15, -0.1) is 0 Å². The first-order valence-electron chi connectivity index (χ1n) is 9.63. The molecule has 136 valence electrons. The summed E-state index contributed by atoms with van der Waals surface area (Å²) in [4.78, 5) is 27.0. The van der Waals surface area contributed by atoms with E-state index in [0.717, 1.165) is 38.0 Å². The second-order valence-corrected chi connectivity index (χ2v) is 8.63. The van der Waals surface area contributed by atoms with Gasteiger partial charge in [-0.3, -0.25) is 9.59 Å². The maximum atomic E-state index is 12.7. The highest BCUT2D eigenvalue weighted by atomic mass is 16.3. The Morgan fingerprint density at radius 1 is 1.29 bits per heavy atom. The van der Waals surface area contributed by atoms with Gasteiger partial charge in [-0.2, -0.15) is 0 Å². The quantitative estimate of drug-likeness (QED) is 0.826. The highest BCUT2D eigenvalue weighted by Gasteiger charge is 2.43. The third-order valence-corrected chi connectivity index (χ3v) is 6.72. The molecular weight excluding hydrogens is 304 g/mol. The first-order valence-corrected chi connectivity index (χ1v) is 9.63. The number of nitrogens with one attached hydrogen (secondary N) is 1. The Hall–Kier alpha value is -1.10. The molecule has 0 radical (unpaired) electrons. The maximum absolute atomic E-state index is 12.7. The van der Waals surface area contributed by atoms with Crippen molar-refractivity contribution in [2.75, 3.05) is 13.2 Å². The highest BCUT2D eigenvalue weighted by Crippen LogP contribution is 2.38. The average molecular weight is 336 g/mol. The topological polar surface area (TPSA) is 69.6 Å².